The number of aryl methyl sites for hydroxylation is 2. The number of fused-ring (bicyclic) bond motifs is 3. The van der Waals surface area contributed by atoms with Crippen LogP contribution < -0.4 is 15.6 Å². The highest BCUT2D eigenvalue weighted by Gasteiger charge is 2.17. The molecule has 0 unspecified atom stereocenters. The van der Waals surface area contributed by atoms with Gasteiger partial charge in [-0.05, 0) is 49.7 Å². The fourth-order valence-corrected chi connectivity index (χ4v) is 3.35. The third-order valence-electron chi connectivity index (χ3n) is 4.80. The molecule has 2 aromatic carbocycles. The lowest BCUT2D eigenvalue weighted by Crippen LogP contribution is -2.22. The van der Waals surface area contributed by atoms with Crippen molar-refractivity contribution in [3.05, 3.63) is 70.1 Å². The van der Waals surface area contributed by atoms with E-state index < -0.39 is 0 Å². The van der Waals surface area contributed by atoms with Gasteiger partial charge in [-0.15, -0.1) is 0 Å². The summed E-state index contributed by atoms with van der Waals surface area (Å²) in [5, 5.41) is 7.26. The van der Waals surface area contributed by atoms with E-state index in [1.165, 1.54) is 6.07 Å². The smallest absolute Gasteiger partial charge is 0.277 e. The van der Waals surface area contributed by atoms with Gasteiger partial charge in [0.05, 0.1) is 18.1 Å². The van der Waals surface area contributed by atoms with Crippen LogP contribution in [0.4, 0.5) is 5.69 Å². The number of hydrogen-bond donors (Lipinski definition) is 1. The van der Waals surface area contributed by atoms with E-state index in [0.29, 0.717) is 17.7 Å². The molecule has 0 radical (unpaired) electrons. The van der Waals surface area contributed by atoms with Crippen molar-refractivity contribution < 1.29 is 9.53 Å². The van der Waals surface area contributed by atoms with E-state index in [4.69, 9.17) is 4.74 Å². The van der Waals surface area contributed by atoms with E-state index >= 15 is 0 Å². The van der Waals surface area contributed by atoms with Gasteiger partial charge >= 0.3 is 0 Å². The highest BCUT2D eigenvalue weighted by molar-refractivity contribution is 6.04. The Hall–Kier alpha value is -3.61. The molecule has 0 atom stereocenters. The second-order valence-corrected chi connectivity index (χ2v) is 6.50. The van der Waals surface area contributed by atoms with Crippen molar-refractivity contribution in [3.8, 4) is 5.75 Å². The summed E-state index contributed by atoms with van der Waals surface area (Å²) < 4.78 is 8.41. The molecule has 0 saturated carbocycles. The zero-order valence-electron chi connectivity index (χ0n) is 15.9. The third kappa shape index (κ3) is 2.81. The maximum atomic E-state index is 12.8. The van der Waals surface area contributed by atoms with Gasteiger partial charge in [0.2, 0.25) is 0 Å². The molecule has 2 aromatic heterocycles. The number of para-hydroxylation sites is 2. The number of rotatable bonds is 4. The van der Waals surface area contributed by atoms with E-state index in [0.717, 1.165) is 22.3 Å². The van der Waals surface area contributed by atoms with E-state index in [-0.39, 0.29) is 17.2 Å². The monoisotopic (exact) mass is 376 g/mol. The zero-order valence-corrected chi connectivity index (χ0v) is 15.9. The van der Waals surface area contributed by atoms with Crippen LogP contribution in [0.25, 0.3) is 16.6 Å². The highest BCUT2D eigenvalue weighted by Crippen LogP contribution is 2.22. The van der Waals surface area contributed by atoms with Crippen LogP contribution in [-0.2, 0) is 6.54 Å². The van der Waals surface area contributed by atoms with Gasteiger partial charge in [-0.3, -0.25) is 9.59 Å². The number of aromatic nitrogens is 3. The normalized spacial score (nSPS) is 11.1. The molecule has 1 N–H and O–H groups in total. The van der Waals surface area contributed by atoms with Crippen LogP contribution in [-0.4, -0.2) is 27.2 Å². The standard InChI is InChI=1S/C21H20N4O3/c1-4-24-17-7-5-6-8-18(17)25-19(21(24)27)12-16(23-25)20(26)22-15-10-9-14(28-3)11-13(15)2/h5-12H,4H2,1-3H3,(H,22,26). The Labute approximate surface area is 161 Å². The molecule has 0 bridgehead atoms. The van der Waals surface area contributed by atoms with Gasteiger partial charge in [-0.1, -0.05) is 12.1 Å². The summed E-state index contributed by atoms with van der Waals surface area (Å²) in [6, 6.07) is 14.5. The van der Waals surface area contributed by atoms with Gasteiger partial charge in [0.25, 0.3) is 11.5 Å². The van der Waals surface area contributed by atoms with E-state index in [2.05, 4.69) is 10.4 Å². The average molecular weight is 376 g/mol. The van der Waals surface area contributed by atoms with Crippen molar-refractivity contribution >= 4 is 28.1 Å². The van der Waals surface area contributed by atoms with Crippen LogP contribution in [0.2, 0.25) is 0 Å². The Morgan fingerprint density at radius 3 is 2.54 bits per heavy atom. The van der Waals surface area contributed by atoms with Crippen LogP contribution in [0.3, 0.4) is 0 Å². The number of ether oxygens (including phenoxy) is 1. The topological polar surface area (TPSA) is 77.6 Å². The minimum Gasteiger partial charge on any atom is -0.497 e. The van der Waals surface area contributed by atoms with Gasteiger partial charge in [0.15, 0.2) is 5.69 Å². The number of carbonyl (C=O) groups is 1. The number of hydrogen-bond acceptors (Lipinski definition) is 4. The summed E-state index contributed by atoms with van der Waals surface area (Å²) in [5.41, 5.74) is 3.48. The van der Waals surface area contributed by atoms with Gasteiger partial charge in [0.1, 0.15) is 11.3 Å². The number of anilines is 1. The van der Waals surface area contributed by atoms with Crippen molar-refractivity contribution in [2.45, 2.75) is 20.4 Å². The molecule has 0 aliphatic heterocycles. The highest BCUT2D eigenvalue weighted by atomic mass is 16.5. The molecule has 2 heterocycles. The number of nitrogens with one attached hydrogen (secondary N) is 1. The predicted molar refractivity (Wildman–Crippen MR) is 108 cm³/mol. The molecule has 7 heteroatoms. The van der Waals surface area contributed by atoms with Crippen LogP contribution in [0.1, 0.15) is 23.0 Å². The van der Waals surface area contributed by atoms with Gasteiger partial charge in [-0.2, -0.15) is 5.10 Å². The summed E-state index contributed by atoms with van der Waals surface area (Å²) in [7, 11) is 1.59. The lowest BCUT2D eigenvalue weighted by Gasteiger charge is -2.09. The maximum absolute atomic E-state index is 12.8. The SMILES string of the molecule is CCn1c(=O)c2cc(C(=O)Nc3ccc(OC)cc3C)nn2c2ccccc21. The van der Waals surface area contributed by atoms with Crippen molar-refractivity contribution in [1.29, 1.82) is 0 Å². The Morgan fingerprint density at radius 1 is 1.11 bits per heavy atom. The molecule has 0 fully saturated rings. The number of carbonyl (C=O) groups excluding carboxylic acids is 1. The summed E-state index contributed by atoms with van der Waals surface area (Å²) in [6.07, 6.45) is 0. The first-order valence-electron chi connectivity index (χ1n) is 9.00. The molecule has 4 aromatic rings. The second kappa shape index (κ2) is 6.84. The molecule has 1 amide bonds. The maximum Gasteiger partial charge on any atom is 0.277 e. The number of methoxy groups -OCH3 is 1. The van der Waals surface area contributed by atoms with Crippen LogP contribution >= 0.6 is 0 Å². The Balaban J connectivity index is 1.80. The first-order valence-corrected chi connectivity index (χ1v) is 9.00. The molecular weight excluding hydrogens is 356 g/mol. The molecule has 4 rings (SSSR count). The zero-order chi connectivity index (χ0) is 19.8. The summed E-state index contributed by atoms with van der Waals surface area (Å²) in [4.78, 5) is 25.6. The largest absolute Gasteiger partial charge is 0.497 e. The second-order valence-electron chi connectivity index (χ2n) is 6.50. The molecule has 28 heavy (non-hydrogen) atoms. The van der Waals surface area contributed by atoms with Crippen molar-refractivity contribution in [2.75, 3.05) is 12.4 Å². The molecule has 0 saturated heterocycles. The summed E-state index contributed by atoms with van der Waals surface area (Å²) >= 11 is 0. The van der Waals surface area contributed by atoms with Crippen LogP contribution in [0, 0.1) is 6.92 Å². The average Bonchev–Trinajstić information content (AvgIpc) is 3.16. The molecule has 0 spiro atoms. The van der Waals surface area contributed by atoms with Gasteiger partial charge in [0, 0.05) is 18.3 Å². The Morgan fingerprint density at radius 2 is 1.86 bits per heavy atom. The van der Waals surface area contributed by atoms with Crippen molar-refractivity contribution in [1.82, 2.24) is 14.2 Å². The lowest BCUT2D eigenvalue weighted by atomic mass is 10.2. The number of amides is 1. The number of nitrogens with zero attached hydrogens (tertiary/aromatic N) is 3. The summed E-state index contributed by atoms with van der Waals surface area (Å²) in [6.45, 7) is 4.34. The molecule has 0 aliphatic rings. The number of benzene rings is 2. The minimum atomic E-state index is -0.372. The van der Waals surface area contributed by atoms with Gasteiger partial charge < -0.3 is 14.6 Å². The van der Waals surface area contributed by atoms with E-state index in [1.54, 1.807) is 28.3 Å². The van der Waals surface area contributed by atoms with E-state index in [1.807, 2.05) is 44.2 Å². The van der Waals surface area contributed by atoms with Crippen LogP contribution in [0.15, 0.2) is 53.3 Å². The van der Waals surface area contributed by atoms with Gasteiger partial charge in [-0.25, -0.2) is 4.52 Å². The molecule has 142 valence electrons. The lowest BCUT2D eigenvalue weighted by molar-refractivity contribution is 0.102. The third-order valence-corrected chi connectivity index (χ3v) is 4.80. The molecule has 7 nitrogen and oxygen atoms in total. The van der Waals surface area contributed by atoms with E-state index in [9.17, 15) is 9.59 Å². The fourth-order valence-electron chi connectivity index (χ4n) is 3.35. The Bertz CT molecular complexity index is 1270. The summed E-state index contributed by atoms with van der Waals surface area (Å²) in [5.74, 6) is 0.346. The quantitative estimate of drug-likeness (QED) is 0.593. The van der Waals surface area contributed by atoms with Crippen molar-refractivity contribution in [2.24, 2.45) is 0 Å². The molecule has 0 aliphatic carbocycles. The van der Waals surface area contributed by atoms with Crippen molar-refractivity contribution in [3.63, 3.8) is 0 Å². The molecular formula is C21H20N4O3. The predicted octanol–water partition coefficient (Wildman–Crippen LogP) is 3.24. The minimum absolute atomic E-state index is 0.173. The Kier molecular flexibility index (Phi) is 4.35. The van der Waals surface area contributed by atoms with Crippen LogP contribution in [0.5, 0.6) is 5.75 Å². The first kappa shape index (κ1) is 17.8. The first-order chi connectivity index (χ1) is 13.5. The fraction of sp³-hybridized carbons (Fsp3) is 0.190.